The molecule has 0 amide bonds. The molecule has 2 nitrogen and oxygen atoms in total. The van der Waals surface area contributed by atoms with E-state index < -0.39 is 0 Å². The van der Waals surface area contributed by atoms with E-state index in [1.165, 1.54) is 0 Å². The van der Waals surface area contributed by atoms with Gasteiger partial charge < -0.3 is 4.42 Å². The molecule has 0 saturated heterocycles. The molecule has 0 saturated carbocycles. The minimum absolute atomic E-state index is 0.443. The topological polar surface area (TPSA) is 26.0 Å². The lowest BCUT2D eigenvalue weighted by atomic mass is 10.2. The average Bonchev–Trinajstić information content (AvgIpc) is 2.73. The Morgan fingerprint density at radius 1 is 0.944 bits per heavy atom. The van der Waals surface area contributed by atoms with Gasteiger partial charge in [-0.25, -0.2) is 4.98 Å². The van der Waals surface area contributed by atoms with Crippen LogP contribution in [0.3, 0.4) is 0 Å². The van der Waals surface area contributed by atoms with Crippen LogP contribution in [0.15, 0.2) is 40.8 Å². The number of benzene rings is 2. The first kappa shape index (κ1) is 11.8. The first-order valence-electron chi connectivity index (χ1n) is 5.15. The van der Waals surface area contributed by atoms with E-state index in [0.717, 1.165) is 5.56 Å². The van der Waals surface area contributed by atoms with Crippen LogP contribution in [0.1, 0.15) is 0 Å². The highest BCUT2D eigenvalue weighted by Gasteiger charge is 2.12. The monoisotopic (exact) mass is 297 g/mol. The van der Waals surface area contributed by atoms with Gasteiger partial charge in [0.2, 0.25) is 5.89 Å². The Kier molecular flexibility index (Phi) is 2.94. The smallest absolute Gasteiger partial charge is 0.227 e. The molecule has 3 aromatic rings. The van der Waals surface area contributed by atoms with E-state index in [1.54, 1.807) is 24.3 Å². The van der Waals surface area contributed by atoms with Crippen LogP contribution in [0.5, 0.6) is 0 Å². The minimum Gasteiger partial charge on any atom is -0.435 e. The Labute approximate surface area is 118 Å². The number of oxazole rings is 1. The number of nitrogens with zero attached hydrogens (tertiary/aromatic N) is 1. The second-order valence-corrected chi connectivity index (χ2v) is 5.05. The van der Waals surface area contributed by atoms with E-state index in [1.807, 2.05) is 12.1 Å². The van der Waals surface area contributed by atoms with Crippen LogP contribution >= 0.6 is 34.8 Å². The number of hydrogen-bond donors (Lipinski definition) is 0. The lowest BCUT2D eigenvalue weighted by Crippen LogP contribution is -1.76. The van der Waals surface area contributed by atoms with Gasteiger partial charge in [-0.05, 0) is 30.3 Å². The van der Waals surface area contributed by atoms with Crippen LogP contribution in [-0.4, -0.2) is 4.98 Å². The van der Waals surface area contributed by atoms with Gasteiger partial charge in [-0.2, -0.15) is 0 Å². The van der Waals surface area contributed by atoms with Gasteiger partial charge in [0.1, 0.15) is 5.52 Å². The molecule has 0 fully saturated rings. The summed E-state index contributed by atoms with van der Waals surface area (Å²) in [4.78, 5) is 4.35. The zero-order valence-electron chi connectivity index (χ0n) is 8.95. The van der Waals surface area contributed by atoms with Crippen molar-refractivity contribution < 1.29 is 4.42 Å². The van der Waals surface area contributed by atoms with E-state index in [0.29, 0.717) is 32.1 Å². The highest BCUT2D eigenvalue weighted by molar-refractivity contribution is 6.38. The van der Waals surface area contributed by atoms with E-state index in [-0.39, 0.29) is 0 Å². The van der Waals surface area contributed by atoms with Crippen LogP contribution in [0.4, 0.5) is 0 Å². The number of halogens is 3. The van der Waals surface area contributed by atoms with Gasteiger partial charge in [0.25, 0.3) is 0 Å². The first-order valence-corrected chi connectivity index (χ1v) is 6.28. The van der Waals surface area contributed by atoms with E-state index in [4.69, 9.17) is 39.2 Å². The Morgan fingerprint density at radius 3 is 2.56 bits per heavy atom. The lowest BCUT2D eigenvalue weighted by Gasteiger charge is -1.95. The maximum absolute atomic E-state index is 6.05. The molecule has 1 heterocycles. The van der Waals surface area contributed by atoms with Crippen molar-refractivity contribution in [1.29, 1.82) is 0 Å². The highest BCUT2D eigenvalue weighted by Crippen LogP contribution is 2.32. The van der Waals surface area contributed by atoms with E-state index in [9.17, 15) is 0 Å². The minimum atomic E-state index is 0.443. The summed E-state index contributed by atoms with van der Waals surface area (Å²) in [5.74, 6) is 0.469. The van der Waals surface area contributed by atoms with Gasteiger partial charge in [-0.3, -0.25) is 0 Å². The Bertz CT molecular complexity index is 736. The van der Waals surface area contributed by atoms with Crippen LogP contribution < -0.4 is 0 Å². The SMILES string of the molecule is Clc1cccc(-c2nc3cc(Cl)cc(Cl)c3o2)c1. The molecule has 0 bridgehead atoms. The zero-order valence-corrected chi connectivity index (χ0v) is 11.2. The molecule has 0 unspecified atom stereocenters. The molecule has 0 aliphatic rings. The normalized spacial score (nSPS) is 11.1. The largest absolute Gasteiger partial charge is 0.435 e. The number of rotatable bonds is 1. The molecule has 5 heteroatoms. The third-order valence-corrected chi connectivity index (χ3v) is 3.22. The first-order chi connectivity index (χ1) is 8.63. The van der Waals surface area contributed by atoms with Gasteiger partial charge in [0.15, 0.2) is 5.58 Å². The van der Waals surface area contributed by atoms with E-state index in [2.05, 4.69) is 4.98 Å². The van der Waals surface area contributed by atoms with E-state index >= 15 is 0 Å². The summed E-state index contributed by atoms with van der Waals surface area (Å²) in [5, 5.41) is 1.59. The predicted octanol–water partition coefficient (Wildman–Crippen LogP) is 5.46. The Morgan fingerprint density at radius 2 is 1.78 bits per heavy atom. The van der Waals surface area contributed by atoms with Gasteiger partial charge in [-0.1, -0.05) is 40.9 Å². The predicted molar refractivity (Wildman–Crippen MR) is 74.5 cm³/mol. The van der Waals surface area contributed by atoms with Crippen molar-refractivity contribution in [2.45, 2.75) is 0 Å². The number of fused-ring (bicyclic) bond motifs is 1. The summed E-state index contributed by atoms with van der Waals surface area (Å²) in [6.07, 6.45) is 0. The van der Waals surface area contributed by atoms with Crippen molar-refractivity contribution in [3.05, 3.63) is 51.5 Å². The molecular formula is C13H6Cl3NO. The van der Waals surface area contributed by atoms with Crippen molar-refractivity contribution in [3.8, 4) is 11.5 Å². The van der Waals surface area contributed by atoms with Gasteiger partial charge >= 0.3 is 0 Å². The molecule has 2 aromatic carbocycles. The second kappa shape index (κ2) is 4.47. The van der Waals surface area contributed by atoms with Crippen molar-refractivity contribution in [2.24, 2.45) is 0 Å². The summed E-state index contributed by atoms with van der Waals surface area (Å²) in [6.45, 7) is 0. The molecule has 3 rings (SSSR count). The third kappa shape index (κ3) is 2.07. The zero-order chi connectivity index (χ0) is 12.7. The van der Waals surface area contributed by atoms with Crippen molar-refractivity contribution in [3.63, 3.8) is 0 Å². The summed E-state index contributed by atoms with van der Waals surface area (Å²) < 4.78 is 5.63. The fourth-order valence-corrected chi connectivity index (χ4v) is 2.42. The van der Waals surface area contributed by atoms with Crippen LogP contribution in [0, 0.1) is 0 Å². The molecule has 90 valence electrons. The molecule has 0 spiro atoms. The summed E-state index contributed by atoms with van der Waals surface area (Å²) in [5.41, 5.74) is 1.95. The molecule has 0 aliphatic carbocycles. The molecule has 18 heavy (non-hydrogen) atoms. The van der Waals surface area contributed by atoms with Gasteiger partial charge in [0.05, 0.1) is 5.02 Å². The second-order valence-electron chi connectivity index (χ2n) is 3.77. The maximum atomic E-state index is 6.05. The third-order valence-electron chi connectivity index (χ3n) is 2.48. The van der Waals surface area contributed by atoms with Crippen LogP contribution in [0.2, 0.25) is 15.1 Å². The Balaban J connectivity index is 2.22. The molecule has 0 aliphatic heterocycles. The quantitative estimate of drug-likeness (QED) is 0.596. The molecule has 0 N–H and O–H groups in total. The Hall–Kier alpha value is -1.22. The number of aromatic nitrogens is 1. The van der Waals surface area contributed by atoms with Gasteiger partial charge in [0, 0.05) is 15.6 Å². The summed E-state index contributed by atoms with van der Waals surface area (Å²) >= 11 is 17.9. The van der Waals surface area contributed by atoms with Crippen LogP contribution in [-0.2, 0) is 0 Å². The van der Waals surface area contributed by atoms with Crippen molar-refractivity contribution >= 4 is 45.9 Å². The lowest BCUT2D eigenvalue weighted by molar-refractivity contribution is 0.620. The maximum Gasteiger partial charge on any atom is 0.227 e. The molecule has 0 atom stereocenters. The van der Waals surface area contributed by atoms with Crippen molar-refractivity contribution in [2.75, 3.05) is 0 Å². The standard InChI is InChI=1S/C13H6Cl3NO/c14-8-3-1-2-7(4-8)13-17-11-6-9(15)5-10(16)12(11)18-13/h1-6H. The van der Waals surface area contributed by atoms with Crippen molar-refractivity contribution in [1.82, 2.24) is 4.98 Å². The fraction of sp³-hybridized carbons (Fsp3) is 0. The fourth-order valence-electron chi connectivity index (χ4n) is 1.70. The summed E-state index contributed by atoms with van der Waals surface area (Å²) in [7, 11) is 0. The average molecular weight is 299 g/mol. The molecule has 0 radical (unpaired) electrons. The molecule has 1 aromatic heterocycles. The van der Waals surface area contributed by atoms with Gasteiger partial charge in [-0.15, -0.1) is 0 Å². The highest BCUT2D eigenvalue weighted by atomic mass is 35.5. The number of hydrogen-bond acceptors (Lipinski definition) is 2. The summed E-state index contributed by atoms with van der Waals surface area (Å²) in [6, 6.07) is 10.6. The molecular weight excluding hydrogens is 293 g/mol. The van der Waals surface area contributed by atoms with Crippen LogP contribution in [0.25, 0.3) is 22.6 Å².